The van der Waals surface area contributed by atoms with Crippen LogP contribution in [0.3, 0.4) is 0 Å². The Labute approximate surface area is 141 Å². The number of hydrogen-bond donors (Lipinski definition) is 0. The van der Waals surface area contributed by atoms with Crippen molar-refractivity contribution in [2.75, 3.05) is 0 Å². The Balaban J connectivity index is 2.34. The molecule has 1 aromatic carbocycles. The Bertz CT molecular complexity index is 891. The molecule has 1 aromatic heterocycles. The first kappa shape index (κ1) is 17.9. The number of non-ortho nitro benzene ring substituents is 1. The first-order valence-electron chi connectivity index (χ1n) is 7.49. The minimum atomic E-state index is -3.65. The molecule has 0 aliphatic rings. The average molecular weight is 348 g/mol. The first-order valence-corrected chi connectivity index (χ1v) is 9.04. The van der Waals surface area contributed by atoms with Crippen LogP contribution >= 0.6 is 0 Å². The van der Waals surface area contributed by atoms with Crippen molar-refractivity contribution >= 4 is 21.6 Å². The fourth-order valence-electron chi connectivity index (χ4n) is 2.76. The van der Waals surface area contributed by atoms with Gasteiger partial charge in [-0.2, -0.15) is 0 Å². The van der Waals surface area contributed by atoms with Crippen molar-refractivity contribution in [3.05, 3.63) is 62.8 Å². The summed E-state index contributed by atoms with van der Waals surface area (Å²) in [7, 11) is -3.65. The lowest BCUT2D eigenvalue weighted by Gasteiger charge is -2.13. The van der Waals surface area contributed by atoms with Crippen molar-refractivity contribution in [2.45, 2.75) is 38.6 Å². The maximum absolute atomic E-state index is 12.4. The fraction of sp³-hybridized carbons (Fsp3) is 0.294. The second-order valence-corrected chi connectivity index (χ2v) is 7.72. The van der Waals surface area contributed by atoms with E-state index in [4.69, 9.17) is 0 Å². The van der Waals surface area contributed by atoms with E-state index in [9.17, 15) is 18.5 Å². The van der Waals surface area contributed by atoms with Crippen LogP contribution in [0.1, 0.15) is 36.8 Å². The molecule has 2 aromatic rings. The van der Waals surface area contributed by atoms with Crippen molar-refractivity contribution in [3.63, 3.8) is 0 Å². The quantitative estimate of drug-likeness (QED) is 0.603. The molecule has 0 saturated carbocycles. The molecule has 7 heteroatoms. The smallest absolute Gasteiger partial charge is 0.269 e. The zero-order valence-electron chi connectivity index (χ0n) is 14.1. The molecule has 6 nitrogen and oxygen atoms in total. The monoisotopic (exact) mass is 348 g/mol. The van der Waals surface area contributed by atoms with E-state index < -0.39 is 14.8 Å². The van der Waals surface area contributed by atoms with E-state index in [0.29, 0.717) is 6.04 Å². The van der Waals surface area contributed by atoms with Crippen LogP contribution in [0.15, 0.2) is 40.6 Å². The predicted octanol–water partition coefficient (Wildman–Crippen LogP) is 4.04. The Hall–Kier alpha value is -2.41. The van der Waals surface area contributed by atoms with Crippen LogP contribution in [0.25, 0.3) is 6.08 Å². The summed E-state index contributed by atoms with van der Waals surface area (Å²) in [6.45, 7) is 8.07. The predicted molar refractivity (Wildman–Crippen MR) is 93.6 cm³/mol. The van der Waals surface area contributed by atoms with Crippen LogP contribution in [0.5, 0.6) is 0 Å². The van der Waals surface area contributed by atoms with Gasteiger partial charge >= 0.3 is 0 Å². The maximum Gasteiger partial charge on any atom is 0.269 e. The van der Waals surface area contributed by atoms with Crippen molar-refractivity contribution in [3.8, 4) is 0 Å². The maximum atomic E-state index is 12.4. The van der Waals surface area contributed by atoms with Crippen LogP contribution in [-0.4, -0.2) is 17.9 Å². The van der Waals surface area contributed by atoms with Crippen molar-refractivity contribution in [1.82, 2.24) is 4.57 Å². The van der Waals surface area contributed by atoms with Crippen LogP contribution < -0.4 is 0 Å². The Morgan fingerprint density at radius 3 is 2.21 bits per heavy atom. The Morgan fingerprint density at radius 2 is 1.75 bits per heavy atom. The molecule has 0 bridgehead atoms. The zero-order valence-corrected chi connectivity index (χ0v) is 14.9. The molecule has 0 fully saturated rings. The van der Waals surface area contributed by atoms with Gasteiger partial charge in [0.25, 0.3) is 5.69 Å². The molecule has 128 valence electrons. The Morgan fingerprint density at radius 1 is 1.17 bits per heavy atom. The van der Waals surface area contributed by atoms with Gasteiger partial charge < -0.3 is 4.57 Å². The lowest BCUT2D eigenvalue weighted by Crippen LogP contribution is -2.04. The summed E-state index contributed by atoms with van der Waals surface area (Å²) >= 11 is 0. The summed E-state index contributed by atoms with van der Waals surface area (Å²) in [5.74, 6) is 0. The summed E-state index contributed by atoms with van der Waals surface area (Å²) in [5, 5.41) is 11.8. The van der Waals surface area contributed by atoms with Gasteiger partial charge in [0.1, 0.15) is 0 Å². The third kappa shape index (κ3) is 3.56. The van der Waals surface area contributed by atoms with Crippen LogP contribution in [0, 0.1) is 24.0 Å². The van der Waals surface area contributed by atoms with Crippen LogP contribution in [0.4, 0.5) is 5.69 Å². The van der Waals surface area contributed by atoms with Crippen molar-refractivity contribution in [1.29, 1.82) is 0 Å². The van der Waals surface area contributed by atoms with Gasteiger partial charge in [-0.25, -0.2) is 8.42 Å². The minimum absolute atomic E-state index is 0.0296. The van der Waals surface area contributed by atoms with E-state index in [2.05, 4.69) is 18.4 Å². The second kappa shape index (κ2) is 6.60. The van der Waals surface area contributed by atoms with Gasteiger partial charge in [-0.15, -0.1) is 0 Å². The number of aryl methyl sites for hydroxylation is 1. The second-order valence-electron chi connectivity index (χ2n) is 5.89. The summed E-state index contributed by atoms with van der Waals surface area (Å²) in [5.41, 5.74) is 2.76. The molecule has 0 saturated heterocycles. The molecule has 0 amide bonds. The summed E-state index contributed by atoms with van der Waals surface area (Å²) in [4.78, 5) is 10.1. The number of hydrogen-bond acceptors (Lipinski definition) is 4. The van der Waals surface area contributed by atoms with E-state index >= 15 is 0 Å². The molecule has 24 heavy (non-hydrogen) atoms. The van der Waals surface area contributed by atoms with Gasteiger partial charge in [0.15, 0.2) is 9.84 Å². The van der Waals surface area contributed by atoms with E-state index in [-0.39, 0.29) is 10.6 Å². The standard InChI is InChI=1S/C17H20N2O4S/c1-12(2)18-13(3)11-15(14(18)4)9-10-24(22,23)17-7-5-16(6-8-17)19(20)21/h5-12H,1-4H3/b10-9+. The highest BCUT2D eigenvalue weighted by atomic mass is 32.2. The molecule has 0 spiro atoms. The molecule has 0 radical (unpaired) electrons. The first-order chi connectivity index (χ1) is 11.1. The van der Waals surface area contributed by atoms with E-state index in [0.717, 1.165) is 22.4 Å². The zero-order chi connectivity index (χ0) is 18.1. The SMILES string of the molecule is Cc1cc(/C=C/S(=O)(=O)c2ccc([N+](=O)[O-])cc2)c(C)n1C(C)C. The van der Waals surface area contributed by atoms with E-state index in [1.54, 1.807) is 6.08 Å². The van der Waals surface area contributed by atoms with Gasteiger partial charge in [0.2, 0.25) is 0 Å². The molecular weight excluding hydrogens is 328 g/mol. The van der Waals surface area contributed by atoms with Crippen LogP contribution in [-0.2, 0) is 9.84 Å². The highest BCUT2D eigenvalue weighted by molar-refractivity contribution is 7.94. The Kier molecular flexibility index (Phi) is 4.94. The lowest BCUT2D eigenvalue weighted by molar-refractivity contribution is -0.384. The molecule has 0 N–H and O–H groups in total. The summed E-state index contributed by atoms with van der Waals surface area (Å²) < 4.78 is 26.9. The molecular formula is C17H20N2O4S. The van der Waals surface area contributed by atoms with Gasteiger partial charge in [-0.1, -0.05) is 0 Å². The molecule has 0 aliphatic carbocycles. The molecule has 0 atom stereocenters. The van der Waals surface area contributed by atoms with Crippen molar-refractivity contribution < 1.29 is 13.3 Å². The number of rotatable bonds is 5. The summed E-state index contributed by atoms with van der Waals surface area (Å²) in [6.07, 6.45) is 1.57. The van der Waals surface area contributed by atoms with Gasteiger partial charge in [-0.05, 0) is 57.5 Å². The minimum Gasteiger partial charge on any atom is -0.346 e. The third-order valence-corrected chi connectivity index (χ3v) is 5.27. The molecule has 0 aliphatic heterocycles. The third-order valence-electron chi connectivity index (χ3n) is 3.84. The normalized spacial score (nSPS) is 12.2. The molecule has 1 heterocycles. The highest BCUT2D eigenvalue weighted by Crippen LogP contribution is 2.23. The number of benzene rings is 1. The van der Waals surface area contributed by atoms with E-state index in [1.807, 2.05) is 19.9 Å². The average Bonchev–Trinajstić information content (AvgIpc) is 2.79. The number of nitrogens with zero attached hydrogens (tertiary/aromatic N) is 2. The molecule has 0 unspecified atom stereocenters. The topological polar surface area (TPSA) is 82.2 Å². The van der Waals surface area contributed by atoms with Crippen LogP contribution in [0.2, 0.25) is 0 Å². The lowest BCUT2D eigenvalue weighted by atomic mass is 10.2. The largest absolute Gasteiger partial charge is 0.346 e. The van der Waals surface area contributed by atoms with Gasteiger partial charge in [0.05, 0.1) is 9.82 Å². The number of nitro groups is 1. The number of aromatic nitrogens is 1. The fourth-order valence-corrected chi connectivity index (χ4v) is 3.76. The molecule has 2 rings (SSSR count). The van der Waals surface area contributed by atoms with Gasteiger partial charge in [0, 0.05) is 35.0 Å². The number of sulfone groups is 1. The van der Waals surface area contributed by atoms with Gasteiger partial charge in [-0.3, -0.25) is 10.1 Å². The van der Waals surface area contributed by atoms with E-state index in [1.165, 1.54) is 24.3 Å². The number of nitro benzene ring substituents is 1. The summed E-state index contributed by atoms with van der Waals surface area (Å²) in [6, 6.07) is 7.09. The highest BCUT2D eigenvalue weighted by Gasteiger charge is 2.14. The van der Waals surface area contributed by atoms with Crippen molar-refractivity contribution in [2.24, 2.45) is 0 Å².